The van der Waals surface area contributed by atoms with Crippen molar-refractivity contribution in [3.8, 4) is 11.8 Å². The van der Waals surface area contributed by atoms with Crippen LogP contribution in [0, 0.1) is 24.7 Å². The van der Waals surface area contributed by atoms with Crippen LogP contribution in [-0.2, 0) is 21.1 Å². The molecule has 5 heteroatoms. The second-order valence-electron chi connectivity index (χ2n) is 19.9. The van der Waals surface area contributed by atoms with E-state index in [4.69, 9.17) is 12.8 Å². The fraction of sp³-hybridized carbons (Fsp3) is 0.750. The van der Waals surface area contributed by atoms with Crippen LogP contribution in [0.2, 0.25) is 0 Å². The summed E-state index contributed by atoms with van der Waals surface area (Å²) in [6.07, 6.45) is 76.5. The Labute approximate surface area is 468 Å². The van der Waals surface area contributed by atoms with E-state index in [-0.39, 0.29) is 36.9 Å². The molecule has 0 nitrogen and oxygen atoms in total. The molecule has 2 aromatic rings. The third kappa shape index (κ3) is 57.2. The van der Waals surface area contributed by atoms with E-state index in [0.717, 1.165) is 20.1 Å². The molecule has 0 unspecified atom stereocenters. The average Bonchev–Trinajstić information content (AvgIpc) is 3.36. The van der Waals surface area contributed by atoms with Gasteiger partial charge < -0.3 is 0 Å². The molecule has 0 aliphatic rings. The first-order valence-corrected chi connectivity index (χ1v) is 35.2. The molecule has 0 saturated carbocycles. The molecule has 69 heavy (non-hydrogen) atoms. The largest absolute Gasteiger partial charge is 0.0654 e. The summed E-state index contributed by atoms with van der Waals surface area (Å²) >= 11 is 6.57. The number of benzene rings is 2. The van der Waals surface area contributed by atoms with Gasteiger partial charge in [0.15, 0.2) is 0 Å². The predicted molar refractivity (Wildman–Crippen MR) is 327 cm³/mol. The molecule has 0 saturated heterocycles. The van der Waals surface area contributed by atoms with Crippen molar-refractivity contribution < 1.29 is 21.1 Å². The molecule has 400 valence electrons. The number of unbranched alkanes of at least 4 members (excludes halogenated alkanes) is 30. The fourth-order valence-electron chi connectivity index (χ4n) is 8.75. The van der Waals surface area contributed by atoms with Crippen LogP contribution in [0.5, 0.6) is 0 Å². The number of hydrogen-bond acceptors (Lipinski definition) is 0. The maximum atomic E-state index is 6.75. The summed E-state index contributed by atoms with van der Waals surface area (Å²) in [7, 11) is -0.0444. The van der Waals surface area contributed by atoms with Crippen LogP contribution in [0.3, 0.4) is 0 Å². The second kappa shape index (κ2) is 62.4. The quantitative estimate of drug-likeness (QED) is 0.0353. The summed E-state index contributed by atoms with van der Waals surface area (Å²) in [6, 6.07) is 14.9. The summed E-state index contributed by atoms with van der Waals surface area (Å²) in [5, 5.41) is 0. The Kier molecular flexibility index (Phi) is 66.3. The van der Waals surface area contributed by atoms with Gasteiger partial charge in [-0.05, 0) is 138 Å². The van der Waals surface area contributed by atoms with Crippen molar-refractivity contribution in [3.63, 3.8) is 0 Å². The van der Waals surface area contributed by atoms with Crippen LogP contribution in [-0.4, -0.2) is 37.0 Å². The minimum Gasteiger partial charge on any atom is -0.0654 e. The maximum Gasteiger partial charge on any atom is 0.0571 e. The molecule has 0 atom stereocenters. The smallest absolute Gasteiger partial charge is 0.0571 e. The molecular weight excluding hydrogens is 1190 g/mol. The van der Waals surface area contributed by atoms with Gasteiger partial charge in [-0.1, -0.05) is 239 Å². The van der Waals surface area contributed by atoms with Gasteiger partial charge in [-0.25, -0.2) is 0 Å². The molecule has 0 aliphatic carbocycles. The standard InChI is InChI=1S/2C24H51P.2C8H4Br.Pt/c2*1-4-7-10-13-16-19-22-25(23-20-17-14-11-8-5-2)24-21-18-15-12-9-6-3;2*1-2-7-3-5-8(9)6-4-7;/h2*4-24H2,1-3H3;2*3-6H;/p+2. The molecule has 0 N–H and O–H groups in total. The molecule has 2 radical (unpaired) electrons. The third-order valence-corrected chi connectivity index (χ3v) is 20.7. The van der Waals surface area contributed by atoms with Gasteiger partial charge in [0.2, 0.25) is 0 Å². The maximum absolute atomic E-state index is 6.75. The molecule has 0 aromatic heterocycles. The average molecular weight is 1300 g/mol. The molecule has 2 aromatic carbocycles. The summed E-state index contributed by atoms with van der Waals surface area (Å²) in [6.45, 7) is 13.9. The molecule has 0 amide bonds. The van der Waals surface area contributed by atoms with Gasteiger partial charge in [0.1, 0.15) is 0 Å². The van der Waals surface area contributed by atoms with Gasteiger partial charge in [-0.2, -0.15) is 0 Å². The molecule has 2 rings (SSSR count). The van der Waals surface area contributed by atoms with Crippen molar-refractivity contribution in [2.24, 2.45) is 0 Å². The third-order valence-electron chi connectivity index (χ3n) is 13.3. The van der Waals surface area contributed by atoms with Crippen LogP contribution in [0.15, 0.2) is 57.5 Å². The van der Waals surface area contributed by atoms with Gasteiger partial charge in [0.05, 0.1) is 37.0 Å². The summed E-state index contributed by atoms with van der Waals surface area (Å²) in [4.78, 5) is 0. The van der Waals surface area contributed by atoms with E-state index < -0.39 is 0 Å². The van der Waals surface area contributed by atoms with E-state index >= 15 is 0 Å². The van der Waals surface area contributed by atoms with E-state index in [1.807, 2.05) is 48.5 Å². The van der Waals surface area contributed by atoms with Crippen LogP contribution in [0.1, 0.15) is 284 Å². The second-order valence-corrected chi connectivity index (χ2v) is 27.7. The van der Waals surface area contributed by atoms with Gasteiger partial charge in [0.25, 0.3) is 0 Å². The predicted octanol–water partition coefficient (Wildman–Crippen LogP) is 23.3. The topological polar surface area (TPSA) is 0 Å². The van der Waals surface area contributed by atoms with E-state index in [0.29, 0.717) is 0 Å². The summed E-state index contributed by atoms with van der Waals surface area (Å²) in [5.41, 5.74) is 1.61. The Morgan fingerprint density at radius 1 is 0.290 bits per heavy atom. The summed E-state index contributed by atoms with van der Waals surface area (Å²) < 4.78 is 2.06. The Balaban J connectivity index is -0.000000918. The number of halogens is 2. The van der Waals surface area contributed by atoms with Crippen molar-refractivity contribution in [1.82, 2.24) is 0 Å². The monoisotopic (exact) mass is 1300 g/mol. The Morgan fingerprint density at radius 3 is 0.609 bits per heavy atom. The van der Waals surface area contributed by atoms with Gasteiger partial charge in [-0.15, -0.1) is 0 Å². The normalized spacial score (nSPS) is 10.6. The Morgan fingerprint density at radius 2 is 0.449 bits per heavy atom. The van der Waals surface area contributed by atoms with Crippen molar-refractivity contribution >= 4 is 47.7 Å². The SMILES string of the molecule is CCCCCCCC[PH+](CCCCCCCC)CCCCCCCC.CCCCCCCC[PH+](CCCCCCCC)CCCCCCCC.[C]#Cc1ccc(Br)cc1.[C]#Cc1ccc(Br)cc1.[Pt]. The zero-order valence-electron chi connectivity index (χ0n) is 46.4. The Bertz CT molecular complexity index is 1150. The van der Waals surface area contributed by atoms with E-state index in [2.05, 4.69) is 85.2 Å². The summed E-state index contributed by atoms with van der Waals surface area (Å²) in [5.74, 6) is 4.57. The van der Waals surface area contributed by atoms with Gasteiger partial charge in [0, 0.05) is 57.0 Å². The molecule has 0 aliphatic heterocycles. The molecule has 0 bridgehead atoms. The molecule has 0 heterocycles. The van der Waals surface area contributed by atoms with Crippen molar-refractivity contribution in [1.29, 1.82) is 0 Å². The van der Waals surface area contributed by atoms with E-state index in [1.165, 1.54) is 193 Å². The minimum atomic E-state index is -0.0222. The van der Waals surface area contributed by atoms with Crippen molar-refractivity contribution in [2.75, 3.05) is 37.0 Å². The Hall–Kier alpha value is 0.0683. The zero-order valence-corrected chi connectivity index (χ0v) is 53.8. The number of rotatable bonds is 42. The molecular formula is C64H112Br2P2Pt+2. The first-order valence-electron chi connectivity index (χ1n) is 29.4. The van der Waals surface area contributed by atoms with Crippen LogP contribution < -0.4 is 0 Å². The molecule has 0 spiro atoms. The first-order chi connectivity index (χ1) is 33.3. The van der Waals surface area contributed by atoms with Crippen LogP contribution in [0.4, 0.5) is 0 Å². The van der Waals surface area contributed by atoms with E-state index in [1.54, 1.807) is 75.5 Å². The van der Waals surface area contributed by atoms with Gasteiger partial charge >= 0.3 is 0 Å². The van der Waals surface area contributed by atoms with Crippen molar-refractivity contribution in [3.05, 3.63) is 81.4 Å². The van der Waals surface area contributed by atoms with Gasteiger partial charge in [-0.3, -0.25) is 0 Å². The van der Waals surface area contributed by atoms with Crippen LogP contribution in [0.25, 0.3) is 0 Å². The fourth-order valence-corrected chi connectivity index (χ4v) is 15.3. The zero-order chi connectivity index (χ0) is 50.2. The first kappa shape index (κ1) is 73.3. The minimum absolute atomic E-state index is 0. The number of hydrogen-bond donors (Lipinski definition) is 0. The van der Waals surface area contributed by atoms with Crippen LogP contribution >= 0.6 is 47.7 Å². The molecule has 0 fully saturated rings. The van der Waals surface area contributed by atoms with E-state index in [9.17, 15) is 0 Å². The van der Waals surface area contributed by atoms with Crippen molar-refractivity contribution in [2.45, 2.75) is 273 Å².